The third kappa shape index (κ3) is 1.10. The van der Waals surface area contributed by atoms with Gasteiger partial charge in [0.1, 0.15) is 0 Å². The van der Waals surface area contributed by atoms with E-state index in [1.165, 1.54) is 15.0 Å². The van der Waals surface area contributed by atoms with Crippen molar-refractivity contribution in [2.24, 2.45) is 5.73 Å². The summed E-state index contributed by atoms with van der Waals surface area (Å²) in [6, 6.07) is 10.7. The van der Waals surface area contributed by atoms with E-state index in [0.717, 1.165) is 12.8 Å². The molecular weight excluding hydrogens is 178 g/mol. The Bertz CT molecular complexity index is 421. The minimum atomic E-state index is 0.0314. The Morgan fingerprint density at radius 1 is 1.23 bits per heavy atom. The van der Waals surface area contributed by atoms with Crippen molar-refractivity contribution >= 4 is 21.4 Å². The van der Waals surface area contributed by atoms with E-state index in [4.69, 9.17) is 5.73 Å². The van der Waals surface area contributed by atoms with Crippen molar-refractivity contribution in [2.75, 3.05) is 0 Å². The van der Waals surface area contributed by atoms with Gasteiger partial charge in [-0.3, -0.25) is 0 Å². The SMILES string of the molecule is NC1(c2cc3ccccc3s2)CC1. The lowest BCUT2D eigenvalue weighted by Gasteiger charge is -2.02. The van der Waals surface area contributed by atoms with Gasteiger partial charge in [0.15, 0.2) is 0 Å². The van der Waals surface area contributed by atoms with E-state index in [1.54, 1.807) is 0 Å². The number of benzene rings is 1. The first kappa shape index (κ1) is 7.54. The van der Waals surface area contributed by atoms with Crippen molar-refractivity contribution in [1.82, 2.24) is 0 Å². The Kier molecular flexibility index (Phi) is 1.35. The highest BCUT2D eigenvalue weighted by molar-refractivity contribution is 7.19. The van der Waals surface area contributed by atoms with Crippen LogP contribution < -0.4 is 5.73 Å². The Hall–Kier alpha value is -0.860. The Morgan fingerprint density at radius 2 is 2.00 bits per heavy atom. The van der Waals surface area contributed by atoms with Gasteiger partial charge in [0.05, 0.1) is 5.54 Å². The second kappa shape index (κ2) is 2.34. The third-order valence-corrected chi connectivity index (χ3v) is 4.04. The van der Waals surface area contributed by atoms with Gasteiger partial charge >= 0.3 is 0 Å². The Balaban J connectivity index is 2.22. The zero-order valence-electron chi connectivity index (χ0n) is 7.29. The maximum absolute atomic E-state index is 6.14. The maximum atomic E-state index is 6.14. The van der Waals surface area contributed by atoms with Crippen molar-refractivity contribution in [2.45, 2.75) is 18.4 Å². The van der Waals surface area contributed by atoms with Crippen molar-refractivity contribution in [3.63, 3.8) is 0 Å². The zero-order chi connectivity index (χ0) is 8.89. The van der Waals surface area contributed by atoms with E-state index in [1.807, 2.05) is 11.3 Å². The lowest BCUT2D eigenvalue weighted by molar-refractivity contribution is 0.759. The molecule has 0 unspecified atom stereocenters. The molecule has 2 N–H and O–H groups in total. The normalized spacial score (nSPS) is 19.2. The van der Waals surface area contributed by atoms with Crippen molar-refractivity contribution in [3.8, 4) is 0 Å². The molecule has 2 heteroatoms. The molecule has 1 aromatic heterocycles. The van der Waals surface area contributed by atoms with Crippen molar-refractivity contribution in [1.29, 1.82) is 0 Å². The van der Waals surface area contributed by atoms with Gasteiger partial charge in [0, 0.05) is 9.58 Å². The zero-order valence-corrected chi connectivity index (χ0v) is 8.10. The molecule has 66 valence electrons. The highest BCUT2D eigenvalue weighted by Gasteiger charge is 2.41. The van der Waals surface area contributed by atoms with E-state index in [2.05, 4.69) is 30.3 Å². The second-order valence-corrected chi connectivity index (χ2v) is 4.89. The van der Waals surface area contributed by atoms with E-state index >= 15 is 0 Å². The summed E-state index contributed by atoms with van der Waals surface area (Å²) in [5, 5.41) is 1.33. The summed E-state index contributed by atoms with van der Waals surface area (Å²) in [5.74, 6) is 0. The van der Waals surface area contributed by atoms with Crippen LogP contribution in [-0.2, 0) is 5.54 Å². The second-order valence-electron chi connectivity index (χ2n) is 3.80. The summed E-state index contributed by atoms with van der Waals surface area (Å²) in [4.78, 5) is 1.36. The van der Waals surface area contributed by atoms with Crippen LogP contribution in [0, 0.1) is 0 Å². The molecule has 1 aliphatic carbocycles. The highest BCUT2D eigenvalue weighted by atomic mass is 32.1. The van der Waals surface area contributed by atoms with Crippen LogP contribution in [0.15, 0.2) is 30.3 Å². The standard InChI is InChI=1S/C11H11NS/c12-11(5-6-11)10-7-8-3-1-2-4-9(8)13-10/h1-4,7H,5-6,12H2. The molecule has 0 atom stereocenters. The summed E-state index contributed by atoms with van der Waals surface area (Å²) < 4.78 is 1.36. The van der Waals surface area contributed by atoms with E-state index in [-0.39, 0.29) is 5.54 Å². The molecule has 0 bridgehead atoms. The van der Waals surface area contributed by atoms with Crippen LogP contribution in [0.25, 0.3) is 10.1 Å². The van der Waals surface area contributed by atoms with Crippen molar-refractivity contribution in [3.05, 3.63) is 35.2 Å². The summed E-state index contributed by atoms with van der Waals surface area (Å²) in [7, 11) is 0. The first-order valence-corrected chi connectivity index (χ1v) is 5.38. The largest absolute Gasteiger partial charge is 0.321 e. The van der Waals surface area contributed by atoms with E-state index < -0.39 is 0 Å². The fraction of sp³-hybridized carbons (Fsp3) is 0.273. The van der Waals surface area contributed by atoms with Gasteiger partial charge in [-0.05, 0) is 30.4 Å². The summed E-state index contributed by atoms with van der Waals surface area (Å²) in [6.07, 6.45) is 2.31. The molecule has 3 rings (SSSR count). The van der Waals surface area contributed by atoms with Gasteiger partial charge in [-0.15, -0.1) is 11.3 Å². The first-order chi connectivity index (χ1) is 6.28. The van der Waals surface area contributed by atoms with Crippen molar-refractivity contribution < 1.29 is 0 Å². The van der Waals surface area contributed by atoms with Crippen LogP contribution in [0.4, 0.5) is 0 Å². The van der Waals surface area contributed by atoms with Crippen LogP contribution in [-0.4, -0.2) is 0 Å². The quantitative estimate of drug-likeness (QED) is 0.733. The lowest BCUT2D eigenvalue weighted by atomic mass is 10.2. The first-order valence-electron chi connectivity index (χ1n) is 4.56. The molecule has 13 heavy (non-hydrogen) atoms. The Morgan fingerprint density at radius 3 is 2.69 bits per heavy atom. The van der Waals surface area contributed by atoms with Gasteiger partial charge in [-0.1, -0.05) is 18.2 Å². The number of hydrogen-bond donors (Lipinski definition) is 1. The summed E-state index contributed by atoms with van der Waals surface area (Å²) >= 11 is 1.84. The van der Waals surface area contributed by atoms with Crippen LogP contribution in [0.2, 0.25) is 0 Å². The number of hydrogen-bond acceptors (Lipinski definition) is 2. The van der Waals surface area contributed by atoms with E-state index in [9.17, 15) is 0 Å². The third-order valence-electron chi connectivity index (χ3n) is 2.70. The molecule has 1 heterocycles. The molecule has 0 spiro atoms. The molecule has 1 aromatic carbocycles. The molecule has 1 nitrogen and oxygen atoms in total. The minimum Gasteiger partial charge on any atom is -0.321 e. The lowest BCUT2D eigenvalue weighted by Crippen LogP contribution is -2.16. The van der Waals surface area contributed by atoms with Gasteiger partial charge in [0.2, 0.25) is 0 Å². The predicted molar refractivity (Wildman–Crippen MR) is 56.9 cm³/mol. The molecular formula is C11H11NS. The van der Waals surface area contributed by atoms with E-state index in [0.29, 0.717) is 0 Å². The molecule has 1 saturated carbocycles. The van der Waals surface area contributed by atoms with Gasteiger partial charge in [-0.2, -0.15) is 0 Å². The Labute approximate surface area is 81.2 Å². The molecule has 0 amide bonds. The molecule has 0 aliphatic heterocycles. The van der Waals surface area contributed by atoms with Gasteiger partial charge in [0.25, 0.3) is 0 Å². The minimum absolute atomic E-state index is 0.0314. The fourth-order valence-corrected chi connectivity index (χ4v) is 2.83. The monoisotopic (exact) mass is 189 g/mol. The maximum Gasteiger partial charge on any atom is 0.0505 e. The van der Waals surface area contributed by atoms with Gasteiger partial charge < -0.3 is 5.73 Å². The number of thiophene rings is 1. The molecule has 0 radical (unpaired) electrons. The average Bonchev–Trinajstić information content (AvgIpc) is 2.76. The molecule has 0 saturated heterocycles. The topological polar surface area (TPSA) is 26.0 Å². The van der Waals surface area contributed by atoms with Gasteiger partial charge in [-0.25, -0.2) is 0 Å². The number of nitrogens with two attached hydrogens (primary N) is 1. The average molecular weight is 189 g/mol. The fourth-order valence-electron chi connectivity index (χ4n) is 1.61. The highest BCUT2D eigenvalue weighted by Crippen LogP contribution is 2.46. The molecule has 1 fully saturated rings. The molecule has 1 aliphatic rings. The summed E-state index contributed by atoms with van der Waals surface area (Å²) in [5.41, 5.74) is 6.17. The summed E-state index contributed by atoms with van der Waals surface area (Å²) in [6.45, 7) is 0. The number of fused-ring (bicyclic) bond motifs is 1. The predicted octanol–water partition coefficient (Wildman–Crippen LogP) is 2.85. The van der Waals surface area contributed by atoms with Crippen LogP contribution >= 0.6 is 11.3 Å². The smallest absolute Gasteiger partial charge is 0.0505 e. The van der Waals surface area contributed by atoms with Crippen LogP contribution in [0.5, 0.6) is 0 Å². The van der Waals surface area contributed by atoms with Crippen LogP contribution in [0.3, 0.4) is 0 Å². The number of rotatable bonds is 1. The van der Waals surface area contributed by atoms with Crippen LogP contribution in [0.1, 0.15) is 17.7 Å². The molecule has 2 aromatic rings.